The molecule has 0 saturated carbocycles. The van der Waals surface area contributed by atoms with Crippen molar-refractivity contribution in [2.75, 3.05) is 19.8 Å². The number of urea groups is 1. The van der Waals surface area contributed by atoms with Crippen LogP contribution in [0.4, 0.5) is 4.79 Å². The van der Waals surface area contributed by atoms with Crippen LogP contribution in [0.15, 0.2) is 0 Å². The molecule has 0 heterocycles. The van der Waals surface area contributed by atoms with Crippen LogP contribution in [0.3, 0.4) is 0 Å². The Morgan fingerprint density at radius 2 is 1.85 bits per heavy atom. The Bertz CT molecular complexity index is 284. The predicted octanol–water partition coefficient (Wildman–Crippen LogP) is 1.99. The Morgan fingerprint density at radius 1 is 1.20 bits per heavy atom. The maximum absolute atomic E-state index is 11.6. The number of carbonyl (C=O) groups is 2. The molecule has 0 aliphatic heterocycles. The fourth-order valence-corrected chi connectivity index (χ4v) is 1.60. The van der Waals surface area contributed by atoms with Gasteiger partial charge in [-0.25, -0.2) is 9.59 Å². The van der Waals surface area contributed by atoms with E-state index >= 15 is 0 Å². The van der Waals surface area contributed by atoms with Crippen molar-refractivity contribution in [2.24, 2.45) is 5.92 Å². The molecular formula is C14H28N2O4. The van der Waals surface area contributed by atoms with E-state index in [1.54, 1.807) is 6.92 Å². The van der Waals surface area contributed by atoms with Gasteiger partial charge < -0.3 is 20.5 Å². The van der Waals surface area contributed by atoms with E-state index in [1.807, 2.05) is 6.92 Å². The fourth-order valence-electron chi connectivity index (χ4n) is 1.60. The van der Waals surface area contributed by atoms with Crippen LogP contribution in [-0.4, -0.2) is 42.9 Å². The van der Waals surface area contributed by atoms with Gasteiger partial charge in [-0.3, -0.25) is 0 Å². The Balaban J connectivity index is 3.78. The van der Waals surface area contributed by atoms with Crippen molar-refractivity contribution >= 4 is 12.0 Å². The van der Waals surface area contributed by atoms with Gasteiger partial charge in [0.15, 0.2) is 0 Å². The van der Waals surface area contributed by atoms with E-state index < -0.39 is 18.0 Å². The number of unbranched alkanes of at least 4 members (excludes halogenated alkanes) is 1. The van der Waals surface area contributed by atoms with Gasteiger partial charge in [0.1, 0.15) is 6.04 Å². The molecule has 0 aliphatic carbocycles. The summed E-state index contributed by atoms with van der Waals surface area (Å²) in [6, 6.07) is -1.29. The van der Waals surface area contributed by atoms with E-state index in [2.05, 4.69) is 17.6 Å². The zero-order valence-electron chi connectivity index (χ0n) is 12.8. The highest BCUT2D eigenvalue weighted by Gasteiger charge is 2.24. The van der Waals surface area contributed by atoms with E-state index in [1.165, 1.54) is 0 Å². The van der Waals surface area contributed by atoms with Gasteiger partial charge in [-0.1, -0.05) is 33.6 Å². The molecule has 0 aliphatic rings. The van der Waals surface area contributed by atoms with Gasteiger partial charge in [-0.15, -0.1) is 0 Å². The number of carboxylic acids is 1. The fraction of sp³-hybridized carbons (Fsp3) is 0.857. The van der Waals surface area contributed by atoms with E-state index in [9.17, 15) is 9.59 Å². The van der Waals surface area contributed by atoms with E-state index in [0.29, 0.717) is 19.6 Å². The van der Waals surface area contributed by atoms with Gasteiger partial charge in [0.25, 0.3) is 0 Å². The van der Waals surface area contributed by atoms with Crippen LogP contribution in [0.25, 0.3) is 0 Å². The number of nitrogens with one attached hydrogen (secondary N) is 2. The Kier molecular flexibility index (Phi) is 10.8. The third-order valence-corrected chi connectivity index (χ3v) is 3.16. The van der Waals surface area contributed by atoms with Crippen molar-refractivity contribution < 1.29 is 19.4 Å². The van der Waals surface area contributed by atoms with Gasteiger partial charge in [0, 0.05) is 19.8 Å². The maximum atomic E-state index is 11.6. The predicted molar refractivity (Wildman–Crippen MR) is 77.8 cm³/mol. The van der Waals surface area contributed by atoms with E-state index in [4.69, 9.17) is 9.84 Å². The van der Waals surface area contributed by atoms with Gasteiger partial charge in [0.05, 0.1) is 0 Å². The van der Waals surface area contributed by atoms with Crippen LogP contribution in [0.1, 0.15) is 46.5 Å². The zero-order chi connectivity index (χ0) is 15.4. The standard InChI is InChI=1S/C14H28N2O4/c1-4-6-9-20-10-7-8-15-14(19)16-12(13(17)18)11(3)5-2/h11-12H,4-10H2,1-3H3,(H,17,18)(H2,15,16,19)/t11-,12+/m1/s1. The third kappa shape index (κ3) is 8.74. The topological polar surface area (TPSA) is 87.7 Å². The van der Waals surface area contributed by atoms with Crippen molar-refractivity contribution in [3.63, 3.8) is 0 Å². The summed E-state index contributed by atoms with van der Waals surface area (Å²) < 4.78 is 5.36. The second kappa shape index (κ2) is 11.5. The highest BCUT2D eigenvalue weighted by atomic mass is 16.5. The van der Waals surface area contributed by atoms with E-state index in [-0.39, 0.29) is 5.92 Å². The lowest BCUT2D eigenvalue weighted by atomic mass is 9.99. The molecule has 0 saturated heterocycles. The average Bonchev–Trinajstić information content (AvgIpc) is 2.42. The number of rotatable bonds is 11. The van der Waals surface area contributed by atoms with Crippen molar-refractivity contribution in [3.05, 3.63) is 0 Å². The summed E-state index contributed by atoms with van der Waals surface area (Å²) in [5.74, 6) is -1.10. The van der Waals surface area contributed by atoms with Crippen molar-refractivity contribution in [2.45, 2.75) is 52.5 Å². The van der Waals surface area contributed by atoms with Crippen LogP contribution in [0, 0.1) is 5.92 Å². The Morgan fingerprint density at radius 3 is 2.40 bits per heavy atom. The monoisotopic (exact) mass is 288 g/mol. The molecule has 118 valence electrons. The first kappa shape index (κ1) is 18.7. The summed E-state index contributed by atoms with van der Waals surface area (Å²) in [5, 5.41) is 14.2. The summed E-state index contributed by atoms with van der Waals surface area (Å²) in [5.41, 5.74) is 0. The summed E-state index contributed by atoms with van der Waals surface area (Å²) in [7, 11) is 0. The first-order chi connectivity index (χ1) is 9.52. The number of carboxylic acid groups (broad SMARTS) is 1. The molecule has 6 nitrogen and oxygen atoms in total. The highest BCUT2D eigenvalue weighted by molar-refractivity contribution is 5.82. The summed E-state index contributed by atoms with van der Waals surface area (Å²) in [6.45, 7) is 7.64. The number of hydrogen-bond donors (Lipinski definition) is 3. The third-order valence-electron chi connectivity index (χ3n) is 3.16. The second-order valence-corrected chi connectivity index (χ2v) is 4.92. The van der Waals surface area contributed by atoms with Crippen molar-refractivity contribution in [1.29, 1.82) is 0 Å². The average molecular weight is 288 g/mol. The van der Waals surface area contributed by atoms with Crippen LogP contribution in [0.5, 0.6) is 0 Å². The highest BCUT2D eigenvalue weighted by Crippen LogP contribution is 2.07. The summed E-state index contributed by atoms with van der Waals surface area (Å²) >= 11 is 0. The number of hydrogen-bond acceptors (Lipinski definition) is 3. The van der Waals surface area contributed by atoms with Gasteiger partial charge in [0.2, 0.25) is 0 Å². The lowest BCUT2D eigenvalue weighted by molar-refractivity contribution is -0.140. The Labute approximate surface area is 121 Å². The lowest BCUT2D eigenvalue weighted by Gasteiger charge is -2.20. The molecule has 0 unspecified atom stereocenters. The molecular weight excluding hydrogens is 260 g/mol. The number of aliphatic carboxylic acids is 1. The molecule has 0 spiro atoms. The van der Waals surface area contributed by atoms with E-state index in [0.717, 1.165) is 25.9 Å². The number of carbonyl (C=O) groups excluding carboxylic acids is 1. The molecule has 0 aromatic heterocycles. The van der Waals surface area contributed by atoms with Crippen molar-refractivity contribution in [3.8, 4) is 0 Å². The van der Waals surface area contributed by atoms with Crippen LogP contribution < -0.4 is 10.6 Å². The Hall–Kier alpha value is -1.30. The molecule has 2 atom stereocenters. The van der Waals surface area contributed by atoms with Crippen LogP contribution in [-0.2, 0) is 9.53 Å². The maximum Gasteiger partial charge on any atom is 0.326 e. The second-order valence-electron chi connectivity index (χ2n) is 4.92. The van der Waals surface area contributed by atoms with Gasteiger partial charge in [-0.05, 0) is 18.8 Å². The molecule has 3 N–H and O–H groups in total. The molecule has 2 amide bonds. The lowest BCUT2D eigenvalue weighted by Crippen LogP contribution is -2.49. The minimum absolute atomic E-state index is 0.101. The SMILES string of the molecule is CCCCOCCCNC(=O)N[C@H](C(=O)O)[C@H](C)CC. The molecule has 0 fully saturated rings. The molecule has 0 aromatic rings. The normalized spacial score (nSPS) is 13.6. The summed E-state index contributed by atoms with van der Waals surface area (Å²) in [6.07, 6.45) is 3.57. The van der Waals surface area contributed by atoms with Crippen LogP contribution >= 0.6 is 0 Å². The molecule has 0 bridgehead atoms. The first-order valence-electron chi connectivity index (χ1n) is 7.37. The zero-order valence-corrected chi connectivity index (χ0v) is 12.8. The summed E-state index contributed by atoms with van der Waals surface area (Å²) in [4.78, 5) is 22.6. The largest absolute Gasteiger partial charge is 0.480 e. The van der Waals surface area contributed by atoms with Crippen molar-refractivity contribution in [1.82, 2.24) is 10.6 Å². The molecule has 0 aromatic carbocycles. The minimum atomic E-state index is -1.00. The molecule has 0 radical (unpaired) electrons. The molecule has 20 heavy (non-hydrogen) atoms. The van der Waals surface area contributed by atoms with Gasteiger partial charge in [-0.2, -0.15) is 0 Å². The van der Waals surface area contributed by atoms with Crippen LogP contribution in [0.2, 0.25) is 0 Å². The number of ether oxygens (including phenoxy) is 1. The van der Waals surface area contributed by atoms with Gasteiger partial charge >= 0.3 is 12.0 Å². The number of amides is 2. The first-order valence-corrected chi connectivity index (χ1v) is 7.37. The minimum Gasteiger partial charge on any atom is -0.480 e. The smallest absolute Gasteiger partial charge is 0.326 e. The quantitative estimate of drug-likeness (QED) is 0.507. The molecule has 6 heteroatoms. The molecule has 0 rings (SSSR count).